The minimum absolute atomic E-state index is 0.00435. The van der Waals surface area contributed by atoms with Gasteiger partial charge in [0.15, 0.2) is 5.16 Å². The topological polar surface area (TPSA) is 88.9 Å². The van der Waals surface area contributed by atoms with Crippen LogP contribution in [0.4, 0.5) is 5.69 Å². The zero-order valence-electron chi connectivity index (χ0n) is 16.5. The summed E-state index contributed by atoms with van der Waals surface area (Å²) in [5.74, 6) is 0.340. The number of hydrogen-bond donors (Lipinski definition) is 2. The number of anilines is 1. The number of carbonyl (C=O) groups is 2. The first-order valence-corrected chi connectivity index (χ1v) is 11.0. The number of thioether (sulfide) groups is 1. The van der Waals surface area contributed by atoms with Crippen molar-refractivity contribution < 1.29 is 9.59 Å². The Labute approximate surface area is 177 Å². The molecular weight excluding hydrogens is 406 g/mol. The molecule has 2 aromatic heterocycles. The molecule has 3 rings (SSSR count). The summed E-state index contributed by atoms with van der Waals surface area (Å²) in [4.78, 5) is 25.0. The lowest BCUT2D eigenvalue weighted by molar-refractivity contribution is -0.119. The molecule has 0 fully saturated rings. The maximum absolute atomic E-state index is 12.5. The van der Waals surface area contributed by atoms with Crippen molar-refractivity contribution in [2.75, 3.05) is 11.1 Å². The van der Waals surface area contributed by atoms with Crippen molar-refractivity contribution in [3.05, 3.63) is 53.0 Å². The molecule has 2 heterocycles. The molecule has 152 valence electrons. The van der Waals surface area contributed by atoms with Gasteiger partial charge in [-0.05, 0) is 35.6 Å². The first-order valence-electron chi connectivity index (χ1n) is 9.17. The van der Waals surface area contributed by atoms with Crippen LogP contribution in [0.2, 0.25) is 0 Å². The number of nitrogens with one attached hydrogen (secondary N) is 2. The van der Waals surface area contributed by atoms with Crippen molar-refractivity contribution >= 4 is 40.6 Å². The Morgan fingerprint density at radius 2 is 2.07 bits per heavy atom. The van der Waals surface area contributed by atoms with Crippen LogP contribution in [0.3, 0.4) is 0 Å². The van der Waals surface area contributed by atoms with E-state index in [1.165, 1.54) is 18.7 Å². The molecule has 9 heteroatoms. The SMILES string of the molecule is CC(=O)Nc1cccc(-n2cnnc2SCC(=O)NC(c2cccs2)C(C)C)c1. The molecular formula is C20H23N5O2S2. The number of amides is 2. The van der Waals surface area contributed by atoms with Gasteiger partial charge in [-0.1, -0.05) is 37.7 Å². The molecule has 0 radical (unpaired) electrons. The molecule has 0 aliphatic heterocycles. The van der Waals surface area contributed by atoms with Crippen LogP contribution in [0.1, 0.15) is 31.7 Å². The third-order valence-corrected chi connectivity index (χ3v) is 6.02. The molecule has 0 bridgehead atoms. The molecule has 3 aromatic rings. The second-order valence-electron chi connectivity index (χ2n) is 6.81. The third-order valence-electron chi connectivity index (χ3n) is 4.13. The average Bonchev–Trinajstić information content (AvgIpc) is 3.35. The van der Waals surface area contributed by atoms with Gasteiger partial charge in [0.1, 0.15) is 6.33 Å². The van der Waals surface area contributed by atoms with Crippen LogP contribution in [0.15, 0.2) is 53.3 Å². The van der Waals surface area contributed by atoms with Gasteiger partial charge >= 0.3 is 0 Å². The quantitative estimate of drug-likeness (QED) is 0.530. The number of rotatable bonds is 8. The molecule has 0 aliphatic carbocycles. The van der Waals surface area contributed by atoms with Gasteiger partial charge in [0.05, 0.1) is 17.5 Å². The third kappa shape index (κ3) is 5.68. The van der Waals surface area contributed by atoms with Gasteiger partial charge in [-0.25, -0.2) is 0 Å². The monoisotopic (exact) mass is 429 g/mol. The second kappa shape index (κ2) is 9.71. The van der Waals surface area contributed by atoms with Crippen molar-refractivity contribution in [2.24, 2.45) is 5.92 Å². The van der Waals surface area contributed by atoms with Crippen molar-refractivity contribution in [1.29, 1.82) is 0 Å². The molecule has 0 saturated carbocycles. The van der Waals surface area contributed by atoms with Gasteiger partial charge in [0.25, 0.3) is 0 Å². The van der Waals surface area contributed by atoms with Crippen LogP contribution >= 0.6 is 23.1 Å². The Kier molecular flexibility index (Phi) is 7.05. The van der Waals surface area contributed by atoms with Crippen LogP contribution < -0.4 is 10.6 Å². The highest BCUT2D eigenvalue weighted by Gasteiger charge is 2.20. The Balaban J connectivity index is 1.66. The van der Waals surface area contributed by atoms with Gasteiger partial charge in [-0.15, -0.1) is 21.5 Å². The summed E-state index contributed by atoms with van der Waals surface area (Å²) in [6, 6.07) is 11.4. The van der Waals surface area contributed by atoms with Crippen LogP contribution in [-0.2, 0) is 9.59 Å². The minimum atomic E-state index is -0.136. The highest BCUT2D eigenvalue weighted by molar-refractivity contribution is 7.99. The molecule has 2 amide bonds. The Hall–Kier alpha value is -2.65. The summed E-state index contributed by atoms with van der Waals surface area (Å²) in [6.07, 6.45) is 1.59. The fourth-order valence-electron chi connectivity index (χ4n) is 2.82. The smallest absolute Gasteiger partial charge is 0.230 e. The van der Waals surface area contributed by atoms with Crippen LogP contribution in [0.5, 0.6) is 0 Å². The van der Waals surface area contributed by atoms with Gasteiger partial charge < -0.3 is 10.6 Å². The largest absolute Gasteiger partial charge is 0.347 e. The Bertz CT molecular complexity index is 969. The van der Waals surface area contributed by atoms with E-state index in [2.05, 4.69) is 34.7 Å². The van der Waals surface area contributed by atoms with Crippen molar-refractivity contribution in [3.8, 4) is 5.69 Å². The summed E-state index contributed by atoms with van der Waals surface area (Å²) < 4.78 is 1.79. The van der Waals surface area contributed by atoms with E-state index < -0.39 is 0 Å². The molecule has 1 aromatic carbocycles. The lowest BCUT2D eigenvalue weighted by Crippen LogP contribution is -2.32. The molecule has 7 nitrogen and oxygen atoms in total. The number of nitrogens with zero attached hydrogens (tertiary/aromatic N) is 3. The molecule has 1 unspecified atom stereocenters. The van der Waals surface area contributed by atoms with E-state index in [-0.39, 0.29) is 23.6 Å². The predicted molar refractivity (Wildman–Crippen MR) is 116 cm³/mol. The fourth-order valence-corrected chi connectivity index (χ4v) is 4.51. The van der Waals surface area contributed by atoms with E-state index in [4.69, 9.17) is 0 Å². The maximum Gasteiger partial charge on any atom is 0.230 e. The van der Waals surface area contributed by atoms with Crippen LogP contribution in [0, 0.1) is 5.92 Å². The van der Waals surface area contributed by atoms with Crippen molar-refractivity contribution in [2.45, 2.75) is 32.0 Å². The number of thiophene rings is 1. The highest BCUT2D eigenvalue weighted by Crippen LogP contribution is 2.26. The van der Waals surface area contributed by atoms with E-state index >= 15 is 0 Å². The minimum Gasteiger partial charge on any atom is -0.347 e. The molecule has 2 N–H and O–H groups in total. The van der Waals surface area contributed by atoms with Gasteiger partial charge in [0, 0.05) is 17.5 Å². The van der Waals surface area contributed by atoms with Crippen molar-refractivity contribution in [1.82, 2.24) is 20.1 Å². The fraction of sp³-hybridized carbons (Fsp3) is 0.300. The van der Waals surface area contributed by atoms with Crippen LogP contribution in [0.25, 0.3) is 5.69 Å². The number of hydrogen-bond acceptors (Lipinski definition) is 6. The zero-order valence-corrected chi connectivity index (χ0v) is 18.1. The number of benzene rings is 1. The maximum atomic E-state index is 12.5. The Morgan fingerprint density at radius 1 is 1.24 bits per heavy atom. The summed E-state index contributed by atoms with van der Waals surface area (Å²) in [5, 5.41) is 16.6. The average molecular weight is 430 g/mol. The van der Waals surface area contributed by atoms with E-state index in [0.29, 0.717) is 16.8 Å². The first kappa shape index (κ1) is 21.1. The van der Waals surface area contributed by atoms with E-state index in [1.807, 2.05) is 41.8 Å². The summed E-state index contributed by atoms with van der Waals surface area (Å²) in [5.41, 5.74) is 1.50. The van der Waals surface area contributed by atoms with Gasteiger partial charge in [0.2, 0.25) is 11.8 Å². The van der Waals surface area contributed by atoms with Crippen molar-refractivity contribution in [3.63, 3.8) is 0 Å². The lowest BCUT2D eigenvalue weighted by atomic mass is 10.0. The first-order chi connectivity index (χ1) is 13.9. The molecule has 1 atom stereocenters. The standard InChI is InChI=1S/C20H23N5O2S2/c1-13(2)19(17-8-5-9-28-17)23-18(27)11-29-20-24-21-12-25(20)16-7-4-6-15(10-16)22-14(3)26/h4-10,12-13,19H,11H2,1-3H3,(H,22,26)(H,23,27). The normalized spacial score (nSPS) is 12.0. The molecule has 0 aliphatic rings. The molecule has 0 spiro atoms. The molecule has 0 saturated heterocycles. The highest BCUT2D eigenvalue weighted by atomic mass is 32.2. The summed E-state index contributed by atoms with van der Waals surface area (Å²) >= 11 is 2.97. The second-order valence-corrected chi connectivity index (χ2v) is 8.73. The molecule has 29 heavy (non-hydrogen) atoms. The zero-order chi connectivity index (χ0) is 20.8. The lowest BCUT2D eigenvalue weighted by Gasteiger charge is -2.21. The number of carbonyl (C=O) groups excluding carboxylic acids is 2. The summed E-state index contributed by atoms with van der Waals surface area (Å²) in [7, 11) is 0. The Morgan fingerprint density at radius 3 is 2.76 bits per heavy atom. The predicted octanol–water partition coefficient (Wildman–Crippen LogP) is 3.89. The van der Waals surface area contributed by atoms with E-state index in [9.17, 15) is 9.59 Å². The van der Waals surface area contributed by atoms with Crippen LogP contribution in [-0.4, -0.2) is 32.3 Å². The van der Waals surface area contributed by atoms with Gasteiger partial charge in [-0.2, -0.15) is 0 Å². The van der Waals surface area contributed by atoms with Gasteiger partial charge in [-0.3, -0.25) is 14.2 Å². The summed E-state index contributed by atoms with van der Waals surface area (Å²) in [6.45, 7) is 5.65. The number of aromatic nitrogens is 3. The van der Waals surface area contributed by atoms with E-state index in [0.717, 1.165) is 10.6 Å². The van der Waals surface area contributed by atoms with E-state index in [1.54, 1.807) is 22.2 Å².